The smallest absolute Gasteiger partial charge is 0.165 e. The van der Waals surface area contributed by atoms with E-state index in [1.807, 2.05) is 6.07 Å². The van der Waals surface area contributed by atoms with E-state index in [0.29, 0.717) is 16.8 Å². The number of ether oxygens (including phenoxy) is 1. The standard InChI is InChI=1S/C13H9FN2O/c1-17-13-5-3-10(6-11(13)14)12-4-2-9(7-15)8-16-12/h2-6,8H,1H3. The third-order valence-corrected chi connectivity index (χ3v) is 2.34. The third-order valence-electron chi connectivity index (χ3n) is 2.34. The van der Waals surface area contributed by atoms with Gasteiger partial charge in [-0.05, 0) is 30.3 Å². The molecule has 0 radical (unpaired) electrons. The van der Waals surface area contributed by atoms with Gasteiger partial charge in [-0.2, -0.15) is 5.26 Å². The minimum absolute atomic E-state index is 0.197. The summed E-state index contributed by atoms with van der Waals surface area (Å²) >= 11 is 0. The first-order valence-corrected chi connectivity index (χ1v) is 4.94. The van der Waals surface area contributed by atoms with Gasteiger partial charge in [-0.3, -0.25) is 4.98 Å². The Kier molecular flexibility index (Phi) is 3.01. The molecule has 0 amide bonds. The molecule has 0 aliphatic carbocycles. The lowest BCUT2D eigenvalue weighted by Crippen LogP contribution is -1.90. The topological polar surface area (TPSA) is 45.9 Å². The van der Waals surface area contributed by atoms with Crippen LogP contribution in [0.5, 0.6) is 5.75 Å². The van der Waals surface area contributed by atoms with Crippen molar-refractivity contribution < 1.29 is 9.13 Å². The van der Waals surface area contributed by atoms with E-state index in [4.69, 9.17) is 10.00 Å². The summed E-state index contributed by atoms with van der Waals surface area (Å²) in [4.78, 5) is 4.09. The first-order chi connectivity index (χ1) is 8.24. The van der Waals surface area contributed by atoms with Gasteiger partial charge in [-0.1, -0.05) is 0 Å². The molecule has 0 unspecified atom stereocenters. The van der Waals surface area contributed by atoms with E-state index in [2.05, 4.69) is 4.98 Å². The molecule has 1 aromatic heterocycles. The number of hydrogen-bond donors (Lipinski definition) is 0. The van der Waals surface area contributed by atoms with Gasteiger partial charge in [0.1, 0.15) is 6.07 Å². The van der Waals surface area contributed by atoms with Crippen LogP contribution in [0.4, 0.5) is 4.39 Å². The average molecular weight is 228 g/mol. The summed E-state index contributed by atoms with van der Waals surface area (Å²) in [6.07, 6.45) is 1.46. The zero-order chi connectivity index (χ0) is 12.3. The van der Waals surface area contributed by atoms with E-state index in [0.717, 1.165) is 0 Å². The van der Waals surface area contributed by atoms with Crippen LogP contribution in [0.2, 0.25) is 0 Å². The molecule has 0 bridgehead atoms. The molecule has 2 aromatic rings. The van der Waals surface area contributed by atoms with Crippen molar-refractivity contribution in [2.75, 3.05) is 7.11 Å². The van der Waals surface area contributed by atoms with Gasteiger partial charge in [0.15, 0.2) is 11.6 Å². The van der Waals surface area contributed by atoms with E-state index < -0.39 is 5.82 Å². The zero-order valence-corrected chi connectivity index (χ0v) is 9.14. The molecule has 1 heterocycles. The molecule has 1 aromatic carbocycles. The highest BCUT2D eigenvalue weighted by Gasteiger charge is 2.05. The van der Waals surface area contributed by atoms with Gasteiger partial charge in [0.2, 0.25) is 0 Å². The fraction of sp³-hybridized carbons (Fsp3) is 0.0769. The van der Waals surface area contributed by atoms with Gasteiger partial charge < -0.3 is 4.74 Å². The fourth-order valence-corrected chi connectivity index (χ4v) is 1.46. The molecule has 2 rings (SSSR count). The maximum atomic E-state index is 13.5. The zero-order valence-electron chi connectivity index (χ0n) is 9.14. The van der Waals surface area contributed by atoms with Crippen LogP contribution in [0.1, 0.15) is 5.56 Å². The van der Waals surface area contributed by atoms with E-state index >= 15 is 0 Å². The number of benzene rings is 1. The monoisotopic (exact) mass is 228 g/mol. The molecule has 0 spiro atoms. The Morgan fingerprint density at radius 1 is 1.29 bits per heavy atom. The Bertz CT molecular complexity index is 573. The number of pyridine rings is 1. The second-order valence-electron chi connectivity index (χ2n) is 3.39. The molecule has 0 aliphatic rings. The minimum atomic E-state index is -0.434. The largest absolute Gasteiger partial charge is 0.494 e. The van der Waals surface area contributed by atoms with Gasteiger partial charge in [0.25, 0.3) is 0 Å². The number of rotatable bonds is 2. The molecule has 0 saturated heterocycles. The quantitative estimate of drug-likeness (QED) is 0.793. The van der Waals surface area contributed by atoms with Crippen LogP contribution in [-0.4, -0.2) is 12.1 Å². The maximum Gasteiger partial charge on any atom is 0.165 e. The van der Waals surface area contributed by atoms with Crippen LogP contribution in [0.3, 0.4) is 0 Å². The van der Waals surface area contributed by atoms with Crippen molar-refractivity contribution in [2.24, 2.45) is 0 Å². The van der Waals surface area contributed by atoms with Crippen molar-refractivity contribution in [3.05, 3.63) is 47.9 Å². The fourth-order valence-electron chi connectivity index (χ4n) is 1.46. The molecule has 0 saturated carbocycles. The van der Waals surface area contributed by atoms with Gasteiger partial charge in [0, 0.05) is 11.8 Å². The van der Waals surface area contributed by atoms with Crippen molar-refractivity contribution in [1.82, 2.24) is 4.98 Å². The van der Waals surface area contributed by atoms with Crippen molar-refractivity contribution in [3.63, 3.8) is 0 Å². The van der Waals surface area contributed by atoms with Crippen LogP contribution < -0.4 is 4.74 Å². The van der Waals surface area contributed by atoms with Crippen molar-refractivity contribution in [1.29, 1.82) is 5.26 Å². The number of nitrogens with zero attached hydrogens (tertiary/aromatic N) is 2. The first kappa shape index (κ1) is 11.1. The predicted molar refractivity (Wildman–Crippen MR) is 60.9 cm³/mol. The van der Waals surface area contributed by atoms with E-state index in [1.54, 1.807) is 24.3 Å². The highest BCUT2D eigenvalue weighted by Crippen LogP contribution is 2.24. The third kappa shape index (κ3) is 2.23. The van der Waals surface area contributed by atoms with Crippen molar-refractivity contribution in [3.8, 4) is 23.1 Å². The molecular weight excluding hydrogens is 219 g/mol. The van der Waals surface area contributed by atoms with Crippen LogP contribution >= 0.6 is 0 Å². The molecule has 0 N–H and O–H groups in total. The van der Waals surface area contributed by atoms with Crippen LogP contribution in [-0.2, 0) is 0 Å². The Hall–Kier alpha value is -2.41. The Balaban J connectivity index is 2.40. The Labute approximate surface area is 98.1 Å². The molecule has 0 fully saturated rings. The summed E-state index contributed by atoms with van der Waals surface area (Å²) in [7, 11) is 1.41. The second kappa shape index (κ2) is 4.62. The van der Waals surface area contributed by atoms with Crippen LogP contribution in [0, 0.1) is 17.1 Å². The molecule has 0 atom stereocenters. The van der Waals surface area contributed by atoms with E-state index in [-0.39, 0.29) is 5.75 Å². The molecule has 84 valence electrons. The minimum Gasteiger partial charge on any atom is -0.494 e. The Morgan fingerprint density at radius 2 is 2.12 bits per heavy atom. The maximum absolute atomic E-state index is 13.5. The Morgan fingerprint density at radius 3 is 2.65 bits per heavy atom. The summed E-state index contributed by atoms with van der Waals surface area (Å²) in [6, 6.07) is 9.92. The summed E-state index contributed by atoms with van der Waals surface area (Å²) in [5.74, 6) is -0.237. The lowest BCUT2D eigenvalue weighted by atomic mass is 10.1. The highest BCUT2D eigenvalue weighted by molar-refractivity contribution is 5.60. The van der Waals surface area contributed by atoms with Gasteiger partial charge in [0.05, 0.1) is 18.4 Å². The average Bonchev–Trinajstić information content (AvgIpc) is 2.39. The van der Waals surface area contributed by atoms with E-state index in [9.17, 15) is 4.39 Å². The van der Waals surface area contributed by atoms with Crippen LogP contribution in [0.25, 0.3) is 11.3 Å². The SMILES string of the molecule is COc1ccc(-c2ccc(C#N)cn2)cc1F. The lowest BCUT2D eigenvalue weighted by Gasteiger charge is -2.04. The van der Waals surface area contributed by atoms with Crippen molar-refractivity contribution >= 4 is 0 Å². The molecule has 3 nitrogen and oxygen atoms in total. The predicted octanol–water partition coefficient (Wildman–Crippen LogP) is 2.77. The second-order valence-corrected chi connectivity index (χ2v) is 3.39. The lowest BCUT2D eigenvalue weighted by molar-refractivity contribution is 0.386. The molecule has 4 heteroatoms. The number of aromatic nitrogens is 1. The summed E-state index contributed by atoms with van der Waals surface area (Å²) in [6.45, 7) is 0. The summed E-state index contributed by atoms with van der Waals surface area (Å²) in [5.41, 5.74) is 1.74. The number of hydrogen-bond acceptors (Lipinski definition) is 3. The first-order valence-electron chi connectivity index (χ1n) is 4.94. The summed E-state index contributed by atoms with van der Waals surface area (Å²) < 4.78 is 18.3. The van der Waals surface area contributed by atoms with Gasteiger partial charge in [-0.25, -0.2) is 4.39 Å². The molecule has 17 heavy (non-hydrogen) atoms. The number of halogens is 1. The van der Waals surface area contributed by atoms with E-state index in [1.165, 1.54) is 19.4 Å². The number of methoxy groups -OCH3 is 1. The summed E-state index contributed by atoms with van der Waals surface area (Å²) in [5, 5.41) is 8.64. The van der Waals surface area contributed by atoms with Gasteiger partial charge >= 0.3 is 0 Å². The molecule has 0 aliphatic heterocycles. The van der Waals surface area contributed by atoms with Gasteiger partial charge in [-0.15, -0.1) is 0 Å². The van der Waals surface area contributed by atoms with Crippen LogP contribution in [0.15, 0.2) is 36.5 Å². The molecular formula is C13H9FN2O. The number of nitriles is 1. The highest BCUT2D eigenvalue weighted by atomic mass is 19.1. The normalized spacial score (nSPS) is 9.71. The van der Waals surface area contributed by atoms with Crippen molar-refractivity contribution in [2.45, 2.75) is 0 Å².